The van der Waals surface area contributed by atoms with Gasteiger partial charge in [0.15, 0.2) is 28.4 Å². The zero-order valence-corrected chi connectivity index (χ0v) is 21.3. The van der Waals surface area contributed by atoms with Crippen molar-refractivity contribution in [2.45, 2.75) is 30.1 Å². The summed E-state index contributed by atoms with van der Waals surface area (Å²) in [7, 11) is 0. The van der Waals surface area contributed by atoms with E-state index < -0.39 is 52.7 Å². The fourth-order valence-electron chi connectivity index (χ4n) is 6.16. The van der Waals surface area contributed by atoms with Gasteiger partial charge in [0.1, 0.15) is 46.7 Å². The molecule has 0 aliphatic carbocycles. The summed E-state index contributed by atoms with van der Waals surface area (Å²) in [5.74, 6) is -4.21. The molecule has 0 saturated carbocycles. The maximum atomic E-state index is 14.1. The van der Waals surface area contributed by atoms with Crippen molar-refractivity contribution in [1.29, 1.82) is 0 Å². The van der Waals surface area contributed by atoms with Gasteiger partial charge < -0.3 is 55.1 Å². The lowest BCUT2D eigenvalue weighted by Crippen LogP contribution is -2.40. The molecule has 3 aliphatic rings. The zero-order chi connectivity index (χ0) is 29.7. The Morgan fingerprint density at radius 1 is 0.667 bits per heavy atom. The minimum Gasteiger partial charge on any atom is -0.508 e. The largest absolute Gasteiger partial charge is 0.508 e. The normalized spacial score (nSPS) is 23.5. The monoisotopic (exact) mass is 574 g/mol. The van der Waals surface area contributed by atoms with Crippen LogP contribution in [-0.2, 0) is 16.6 Å². The third kappa shape index (κ3) is 3.29. The van der Waals surface area contributed by atoms with Crippen LogP contribution in [0.5, 0.6) is 57.5 Å². The second-order valence-electron chi connectivity index (χ2n) is 10.4. The smallest absolute Gasteiger partial charge is 0.331 e. The number of rotatable bonds is 2. The molecule has 0 radical (unpaired) electrons. The number of esters is 1. The number of carbonyl (C=O) groups excluding carboxylic acids is 1. The molecule has 0 saturated heterocycles. The average molecular weight is 574 g/mol. The van der Waals surface area contributed by atoms with Crippen molar-refractivity contribution in [3.8, 4) is 57.5 Å². The van der Waals surface area contributed by atoms with Gasteiger partial charge in [0.05, 0.1) is 17.2 Å². The summed E-state index contributed by atoms with van der Waals surface area (Å²) in [5, 5.41) is 83.3. The Bertz CT molecular complexity index is 1830. The van der Waals surface area contributed by atoms with Gasteiger partial charge in [-0.1, -0.05) is 12.1 Å². The number of aliphatic hydroxyl groups excluding tert-OH is 1. The van der Waals surface area contributed by atoms with Crippen molar-refractivity contribution in [1.82, 2.24) is 0 Å². The van der Waals surface area contributed by atoms with Crippen LogP contribution in [0.15, 0.2) is 54.6 Å². The van der Waals surface area contributed by atoms with Gasteiger partial charge in [-0.05, 0) is 35.4 Å². The molecule has 3 aliphatic heterocycles. The highest BCUT2D eigenvalue weighted by Gasteiger charge is 2.66. The van der Waals surface area contributed by atoms with Crippen molar-refractivity contribution in [3.63, 3.8) is 0 Å². The fourth-order valence-corrected chi connectivity index (χ4v) is 6.16. The van der Waals surface area contributed by atoms with E-state index in [2.05, 4.69) is 0 Å². The molecule has 4 aromatic carbocycles. The summed E-state index contributed by atoms with van der Waals surface area (Å²) in [6.07, 6.45) is -3.89. The van der Waals surface area contributed by atoms with Gasteiger partial charge in [-0.25, -0.2) is 0 Å². The Kier molecular flexibility index (Phi) is 5.16. The van der Waals surface area contributed by atoms with E-state index in [9.17, 15) is 45.6 Å². The van der Waals surface area contributed by atoms with Crippen molar-refractivity contribution in [2.24, 2.45) is 0 Å². The molecule has 3 heterocycles. The van der Waals surface area contributed by atoms with E-state index in [1.165, 1.54) is 48.5 Å². The second-order valence-corrected chi connectivity index (χ2v) is 10.4. The average Bonchev–Trinajstić information content (AvgIpc) is 3.42. The van der Waals surface area contributed by atoms with Crippen LogP contribution in [0.4, 0.5) is 0 Å². The van der Waals surface area contributed by atoms with E-state index in [4.69, 9.17) is 14.2 Å². The van der Waals surface area contributed by atoms with E-state index in [1.807, 2.05) is 0 Å². The van der Waals surface area contributed by atoms with Crippen molar-refractivity contribution < 1.29 is 59.9 Å². The number of hydrogen-bond acceptors (Lipinski definition) is 12. The maximum absolute atomic E-state index is 14.1. The van der Waals surface area contributed by atoms with Crippen LogP contribution < -0.4 is 14.2 Å². The molecule has 4 aromatic rings. The lowest BCUT2D eigenvalue weighted by atomic mass is 9.69. The van der Waals surface area contributed by atoms with Crippen LogP contribution in [0, 0.1) is 0 Å². The van der Waals surface area contributed by atoms with E-state index >= 15 is 0 Å². The standard InChI is InChI=1S/C30H22O12/c31-13-7-20(37)24-22(8-13)40-28(12-2-4-16(33)19(36)6-12)30(24)25-23(41-29(30)39)10-17(34)14-9-21(38)26(42-27(14)25)11-1-3-15(32)18(35)5-11/h1-8,10,21,26,28,31-38H,9H2/t21-,26-,28+,30-/m1/s1. The predicted molar refractivity (Wildman–Crippen MR) is 140 cm³/mol. The zero-order valence-electron chi connectivity index (χ0n) is 21.3. The fraction of sp³-hybridized carbons (Fsp3) is 0.167. The molecule has 12 nitrogen and oxygen atoms in total. The number of benzene rings is 4. The number of carbonyl (C=O) groups is 1. The van der Waals surface area contributed by atoms with E-state index in [-0.39, 0.29) is 68.7 Å². The molecule has 0 unspecified atom stereocenters. The van der Waals surface area contributed by atoms with Crippen molar-refractivity contribution in [2.75, 3.05) is 0 Å². The molecule has 0 amide bonds. The molecule has 12 heteroatoms. The third-order valence-electron chi connectivity index (χ3n) is 7.98. The topological polar surface area (TPSA) is 207 Å². The number of hydrogen-bond donors (Lipinski definition) is 8. The van der Waals surface area contributed by atoms with Crippen LogP contribution >= 0.6 is 0 Å². The summed E-state index contributed by atoms with van der Waals surface area (Å²) in [5.41, 5.74) is -1.48. The molecule has 1 spiro atoms. The van der Waals surface area contributed by atoms with E-state index in [0.717, 1.165) is 6.07 Å². The second kappa shape index (κ2) is 8.51. The Balaban J connectivity index is 1.51. The van der Waals surface area contributed by atoms with Gasteiger partial charge in [0.2, 0.25) is 0 Å². The van der Waals surface area contributed by atoms with Crippen LogP contribution in [0.1, 0.15) is 40.0 Å². The Labute approximate surface area is 236 Å². The quantitative estimate of drug-likeness (QED) is 0.0988. The third-order valence-corrected chi connectivity index (χ3v) is 7.98. The van der Waals surface area contributed by atoms with Gasteiger partial charge in [-0.3, -0.25) is 4.79 Å². The van der Waals surface area contributed by atoms with E-state index in [0.29, 0.717) is 0 Å². The number of aromatic hydroxyl groups is 7. The van der Waals surface area contributed by atoms with Gasteiger partial charge in [-0.15, -0.1) is 0 Å². The highest BCUT2D eigenvalue weighted by Crippen LogP contribution is 2.66. The summed E-state index contributed by atoms with van der Waals surface area (Å²) in [6.45, 7) is 0. The van der Waals surface area contributed by atoms with Gasteiger partial charge >= 0.3 is 5.97 Å². The van der Waals surface area contributed by atoms with Gasteiger partial charge in [-0.2, -0.15) is 0 Å². The first kappa shape index (κ1) is 25.5. The molecule has 42 heavy (non-hydrogen) atoms. The lowest BCUT2D eigenvalue weighted by Gasteiger charge is -2.35. The van der Waals surface area contributed by atoms with Crippen LogP contribution in [-0.4, -0.2) is 52.9 Å². The Morgan fingerprint density at radius 3 is 2.02 bits per heavy atom. The molecule has 4 atom stereocenters. The molecular formula is C30H22O12. The highest BCUT2D eigenvalue weighted by atomic mass is 16.6. The van der Waals surface area contributed by atoms with Crippen molar-refractivity contribution >= 4 is 5.97 Å². The SMILES string of the molecule is O=C1Oc2cc(O)c3c(c2[C@@]12c1c(O)cc(O)cc1O[C@H]2c1ccc(O)c(O)c1)O[C@H](c1ccc(O)c(O)c1)[C@H](O)C3. The molecule has 214 valence electrons. The highest BCUT2D eigenvalue weighted by molar-refractivity contribution is 6.00. The predicted octanol–water partition coefficient (Wildman–Crippen LogP) is 3.00. The number of fused-ring (bicyclic) bond motifs is 6. The van der Waals surface area contributed by atoms with Gasteiger partial charge in [0.25, 0.3) is 0 Å². The molecule has 0 bridgehead atoms. The molecule has 0 aromatic heterocycles. The molecular weight excluding hydrogens is 552 g/mol. The van der Waals surface area contributed by atoms with Crippen LogP contribution in [0.3, 0.4) is 0 Å². The van der Waals surface area contributed by atoms with Gasteiger partial charge in [0, 0.05) is 30.2 Å². The van der Waals surface area contributed by atoms with E-state index in [1.54, 1.807) is 0 Å². The first-order valence-electron chi connectivity index (χ1n) is 12.7. The molecule has 0 fully saturated rings. The molecule has 8 N–H and O–H groups in total. The first-order valence-corrected chi connectivity index (χ1v) is 12.7. The number of aliphatic hydroxyl groups is 1. The van der Waals surface area contributed by atoms with Crippen LogP contribution in [0.2, 0.25) is 0 Å². The summed E-state index contributed by atoms with van der Waals surface area (Å²) < 4.78 is 18.1. The number of phenols is 7. The minimum atomic E-state index is -2.02. The Hall–Kier alpha value is -5.49. The first-order chi connectivity index (χ1) is 20.0. The van der Waals surface area contributed by atoms with Crippen LogP contribution in [0.25, 0.3) is 0 Å². The minimum absolute atomic E-state index is 0.0394. The number of ether oxygens (including phenoxy) is 3. The maximum Gasteiger partial charge on any atom is 0.331 e. The number of phenolic OH excluding ortho intramolecular Hbond substituents is 7. The summed E-state index contributed by atoms with van der Waals surface area (Å²) in [6, 6.07) is 11.0. The summed E-state index contributed by atoms with van der Waals surface area (Å²) >= 11 is 0. The Morgan fingerprint density at radius 2 is 1.33 bits per heavy atom. The lowest BCUT2D eigenvalue weighted by molar-refractivity contribution is -0.139. The van der Waals surface area contributed by atoms with Crippen molar-refractivity contribution in [3.05, 3.63) is 82.4 Å². The summed E-state index contributed by atoms with van der Waals surface area (Å²) in [4.78, 5) is 14.1. The molecule has 7 rings (SSSR count).